The summed E-state index contributed by atoms with van der Waals surface area (Å²) in [4.78, 5) is 16.1. The molecule has 2 aromatic heterocycles. The number of hydrogen-bond donors (Lipinski definition) is 0. The average Bonchev–Trinajstić information content (AvgIpc) is 3.09. The van der Waals surface area contributed by atoms with Gasteiger partial charge in [-0.3, -0.25) is 9.69 Å². The molecule has 0 saturated carbocycles. The number of nitrogens with zero attached hydrogens (tertiary/aromatic N) is 4. The van der Waals surface area contributed by atoms with E-state index in [1.807, 2.05) is 35.9 Å². The highest BCUT2D eigenvalue weighted by atomic mass is 19.3. The minimum absolute atomic E-state index is 0.200. The fraction of sp³-hybridized carbons (Fsp3) is 0.529. The number of fused-ring (bicyclic) bond motifs is 1. The zero-order valence-corrected chi connectivity index (χ0v) is 14.0. The van der Waals surface area contributed by atoms with Gasteiger partial charge in [0.15, 0.2) is 0 Å². The monoisotopic (exact) mass is 350 g/mol. The summed E-state index contributed by atoms with van der Waals surface area (Å²) in [6.07, 6.45) is 1.93. The lowest BCUT2D eigenvalue weighted by molar-refractivity contribution is -0.170. The quantitative estimate of drug-likeness (QED) is 0.848. The number of halogens is 2. The number of carbonyl (C=O) groups excluding carboxylic acids is 1. The van der Waals surface area contributed by atoms with Gasteiger partial charge in [-0.1, -0.05) is 5.16 Å². The predicted molar refractivity (Wildman–Crippen MR) is 84.8 cm³/mol. The number of rotatable bonds is 3. The Morgan fingerprint density at radius 3 is 2.88 bits per heavy atom. The van der Waals surface area contributed by atoms with Crippen molar-refractivity contribution in [3.63, 3.8) is 0 Å². The molecule has 4 rings (SSSR count). The van der Waals surface area contributed by atoms with E-state index in [1.54, 1.807) is 0 Å². The van der Waals surface area contributed by atoms with Gasteiger partial charge in [-0.2, -0.15) is 0 Å². The lowest BCUT2D eigenvalue weighted by Crippen LogP contribution is -2.60. The lowest BCUT2D eigenvalue weighted by Gasteiger charge is -2.40. The van der Waals surface area contributed by atoms with Crippen LogP contribution < -0.4 is 0 Å². The lowest BCUT2D eigenvalue weighted by atomic mass is 10.0. The maximum Gasteiger partial charge on any atom is 0.282 e. The van der Waals surface area contributed by atoms with E-state index >= 15 is 0 Å². The van der Waals surface area contributed by atoms with Crippen LogP contribution >= 0.6 is 0 Å². The number of aromatic nitrogens is 2. The Bertz CT molecular complexity index is 777. The number of carbonyl (C=O) groups is 1. The van der Waals surface area contributed by atoms with Crippen LogP contribution in [0.2, 0.25) is 0 Å². The third kappa shape index (κ3) is 3.30. The Kier molecular flexibility index (Phi) is 3.87. The van der Waals surface area contributed by atoms with Gasteiger partial charge in [0.25, 0.3) is 5.92 Å². The van der Waals surface area contributed by atoms with E-state index in [4.69, 9.17) is 4.52 Å². The Morgan fingerprint density at radius 2 is 2.20 bits per heavy atom. The molecule has 0 aliphatic carbocycles. The SMILES string of the molecule is Cc1cc(CN2Cc3cccn3C[C@@H](C(=O)N3CC(F)(F)C3)C2)no1. The van der Waals surface area contributed by atoms with Gasteiger partial charge in [-0.15, -0.1) is 0 Å². The third-order valence-corrected chi connectivity index (χ3v) is 4.77. The van der Waals surface area contributed by atoms with Gasteiger partial charge >= 0.3 is 0 Å². The van der Waals surface area contributed by atoms with Crippen molar-refractivity contribution in [1.29, 1.82) is 0 Å². The van der Waals surface area contributed by atoms with Gasteiger partial charge in [0, 0.05) is 44.1 Å². The first-order valence-electron chi connectivity index (χ1n) is 8.35. The minimum atomic E-state index is -2.74. The highest BCUT2D eigenvalue weighted by Gasteiger charge is 2.48. The van der Waals surface area contributed by atoms with E-state index < -0.39 is 19.0 Å². The molecular weight excluding hydrogens is 330 g/mol. The van der Waals surface area contributed by atoms with Crippen molar-refractivity contribution in [1.82, 2.24) is 19.5 Å². The summed E-state index contributed by atoms with van der Waals surface area (Å²) in [5.74, 6) is -2.55. The Balaban J connectivity index is 1.52. The van der Waals surface area contributed by atoms with Crippen LogP contribution in [0.4, 0.5) is 8.78 Å². The summed E-state index contributed by atoms with van der Waals surface area (Å²) in [5.41, 5.74) is 1.91. The van der Waals surface area contributed by atoms with Crippen molar-refractivity contribution >= 4 is 5.91 Å². The summed E-state index contributed by atoms with van der Waals surface area (Å²) >= 11 is 0. The number of aryl methyl sites for hydroxylation is 1. The molecule has 0 spiro atoms. The van der Waals surface area contributed by atoms with Crippen LogP contribution in [0.5, 0.6) is 0 Å². The number of hydrogen-bond acceptors (Lipinski definition) is 4. The van der Waals surface area contributed by atoms with Crippen LogP contribution in [-0.4, -0.2) is 51.0 Å². The van der Waals surface area contributed by atoms with Crippen molar-refractivity contribution in [2.45, 2.75) is 32.5 Å². The van der Waals surface area contributed by atoms with Gasteiger partial charge in [0.1, 0.15) is 5.76 Å². The topological polar surface area (TPSA) is 54.5 Å². The highest BCUT2D eigenvalue weighted by molar-refractivity contribution is 5.80. The molecule has 2 aliphatic rings. The molecule has 0 N–H and O–H groups in total. The van der Waals surface area contributed by atoms with Crippen LogP contribution in [0, 0.1) is 12.8 Å². The van der Waals surface area contributed by atoms with Gasteiger partial charge in [-0.05, 0) is 19.1 Å². The third-order valence-electron chi connectivity index (χ3n) is 4.77. The molecule has 4 heterocycles. The molecule has 134 valence electrons. The van der Waals surface area contributed by atoms with Crippen molar-refractivity contribution in [2.24, 2.45) is 5.92 Å². The predicted octanol–water partition coefficient (Wildman–Crippen LogP) is 1.89. The standard InChI is InChI=1S/C17H20F2N4O2/c1-12-5-14(20-25-12)8-21-6-13(7-22-4-2-3-15(22)9-21)16(24)23-10-17(18,19)11-23/h2-5,13H,6-11H2,1H3/t13-/m0/s1. The maximum absolute atomic E-state index is 13.1. The second-order valence-corrected chi connectivity index (χ2v) is 7.00. The molecule has 8 heteroatoms. The summed E-state index contributed by atoms with van der Waals surface area (Å²) in [6.45, 7) is 3.15. The fourth-order valence-electron chi connectivity index (χ4n) is 3.60. The minimum Gasteiger partial charge on any atom is -0.361 e. The number of likely N-dealkylation sites (tertiary alicyclic amines) is 1. The summed E-state index contributed by atoms with van der Waals surface area (Å²) < 4.78 is 33.4. The zero-order chi connectivity index (χ0) is 17.6. The Labute approximate surface area is 144 Å². The fourth-order valence-corrected chi connectivity index (χ4v) is 3.60. The summed E-state index contributed by atoms with van der Waals surface area (Å²) in [5, 5.41) is 4.02. The van der Waals surface area contributed by atoms with Crippen LogP contribution in [0.25, 0.3) is 0 Å². The molecule has 2 aromatic rings. The molecule has 25 heavy (non-hydrogen) atoms. The number of alkyl halides is 2. The van der Waals surface area contributed by atoms with Crippen molar-refractivity contribution < 1.29 is 18.1 Å². The van der Waals surface area contributed by atoms with Crippen LogP contribution in [0.1, 0.15) is 17.1 Å². The second kappa shape index (κ2) is 5.94. The molecule has 0 unspecified atom stereocenters. The van der Waals surface area contributed by atoms with Gasteiger partial charge in [0.2, 0.25) is 5.91 Å². The molecule has 0 aromatic carbocycles. The van der Waals surface area contributed by atoms with E-state index in [0.29, 0.717) is 26.2 Å². The normalized spacial score (nSPS) is 23.0. The molecule has 2 aliphatic heterocycles. The van der Waals surface area contributed by atoms with E-state index in [1.165, 1.54) is 4.90 Å². The van der Waals surface area contributed by atoms with Crippen molar-refractivity contribution in [3.05, 3.63) is 41.5 Å². The molecule has 6 nitrogen and oxygen atoms in total. The molecule has 0 radical (unpaired) electrons. The first-order chi connectivity index (χ1) is 11.9. The van der Waals surface area contributed by atoms with Crippen LogP contribution in [0.3, 0.4) is 0 Å². The average molecular weight is 350 g/mol. The highest BCUT2D eigenvalue weighted by Crippen LogP contribution is 2.29. The summed E-state index contributed by atoms with van der Waals surface area (Å²) in [7, 11) is 0. The molecular formula is C17H20F2N4O2. The molecule has 1 fully saturated rings. The first-order valence-corrected chi connectivity index (χ1v) is 8.35. The molecule has 0 bridgehead atoms. The Morgan fingerprint density at radius 1 is 1.40 bits per heavy atom. The van der Waals surface area contributed by atoms with E-state index in [2.05, 4.69) is 10.1 Å². The van der Waals surface area contributed by atoms with Crippen LogP contribution in [-0.2, 0) is 24.4 Å². The molecule has 1 amide bonds. The maximum atomic E-state index is 13.1. The van der Waals surface area contributed by atoms with Gasteiger partial charge in [-0.25, -0.2) is 8.78 Å². The van der Waals surface area contributed by atoms with Crippen LogP contribution in [0.15, 0.2) is 28.9 Å². The van der Waals surface area contributed by atoms with Gasteiger partial charge < -0.3 is 14.0 Å². The molecule has 1 saturated heterocycles. The summed E-state index contributed by atoms with van der Waals surface area (Å²) in [6, 6.07) is 5.83. The van der Waals surface area contributed by atoms with Crippen molar-refractivity contribution in [2.75, 3.05) is 19.6 Å². The zero-order valence-electron chi connectivity index (χ0n) is 14.0. The van der Waals surface area contributed by atoms with E-state index in [9.17, 15) is 13.6 Å². The molecule has 1 atom stereocenters. The Hall–Kier alpha value is -2.22. The first kappa shape index (κ1) is 16.3. The number of amides is 1. The van der Waals surface area contributed by atoms with Gasteiger partial charge in [0.05, 0.1) is 24.7 Å². The van der Waals surface area contributed by atoms with Crippen molar-refractivity contribution in [3.8, 4) is 0 Å². The smallest absolute Gasteiger partial charge is 0.282 e. The largest absolute Gasteiger partial charge is 0.361 e. The second-order valence-electron chi connectivity index (χ2n) is 7.00. The van der Waals surface area contributed by atoms with E-state index in [-0.39, 0.29) is 11.8 Å². The van der Waals surface area contributed by atoms with E-state index in [0.717, 1.165) is 17.1 Å².